The van der Waals surface area contributed by atoms with Crippen LogP contribution in [-0.2, 0) is 20.9 Å². The Hall–Kier alpha value is -4.23. The lowest BCUT2D eigenvalue weighted by atomic mass is 9.76. The molecule has 3 aromatic carbocycles. The molecule has 2 fully saturated rings. The molecule has 6 rings (SSSR count). The molecular weight excluding hydrogens is 661 g/mol. The number of imidazole rings is 1. The fraction of sp³-hybridized carbons (Fsp3) is 0.436. The lowest BCUT2D eigenvalue weighted by Crippen LogP contribution is -2.42. The van der Waals surface area contributed by atoms with Gasteiger partial charge in [0, 0.05) is 73.9 Å². The SMILES string of the molecule is C=CN(N=NC)c1ccc(SOC)c(C(=O)N2CCC(CCN3CCC(Nc4nc5ccccc5n4CCOCC)CC3)(c3ccccc3)C2)c1. The van der Waals surface area contributed by atoms with Crippen LogP contribution in [0.2, 0.25) is 0 Å². The van der Waals surface area contributed by atoms with Gasteiger partial charge in [-0.25, -0.2) is 9.99 Å². The third-order valence-corrected chi connectivity index (χ3v) is 10.9. The molecule has 1 aromatic heterocycles. The van der Waals surface area contributed by atoms with Crippen LogP contribution in [-0.4, -0.2) is 91.4 Å². The molecular formula is C39H50N8O3S. The number of rotatable bonds is 16. The van der Waals surface area contributed by atoms with E-state index in [0.717, 1.165) is 73.7 Å². The number of nitrogens with one attached hydrogen (secondary N) is 1. The van der Waals surface area contributed by atoms with Crippen molar-refractivity contribution in [3.05, 3.63) is 96.7 Å². The number of carbonyl (C=O) groups excluding carboxylic acids is 1. The molecule has 1 amide bonds. The minimum absolute atomic E-state index is 0.00850. The summed E-state index contributed by atoms with van der Waals surface area (Å²) < 4.78 is 13.3. The van der Waals surface area contributed by atoms with Gasteiger partial charge in [-0.1, -0.05) is 54.3 Å². The molecule has 2 aliphatic heterocycles. The molecule has 1 unspecified atom stereocenters. The van der Waals surface area contributed by atoms with Crippen molar-refractivity contribution in [1.29, 1.82) is 0 Å². The third kappa shape index (κ3) is 8.47. The van der Waals surface area contributed by atoms with Crippen molar-refractivity contribution in [2.24, 2.45) is 10.3 Å². The van der Waals surface area contributed by atoms with Gasteiger partial charge in [0.1, 0.15) is 0 Å². The molecule has 2 aliphatic rings. The smallest absolute Gasteiger partial charge is 0.255 e. The Morgan fingerprint density at radius 3 is 2.63 bits per heavy atom. The summed E-state index contributed by atoms with van der Waals surface area (Å²) in [5.41, 5.74) is 4.61. The number of nitrogens with zero attached hydrogens (tertiary/aromatic N) is 7. The minimum atomic E-state index is -0.132. The first-order valence-corrected chi connectivity index (χ1v) is 18.7. The van der Waals surface area contributed by atoms with Crippen molar-refractivity contribution < 1.29 is 13.7 Å². The Morgan fingerprint density at radius 2 is 1.88 bits per heavy atom. The Bertz CT molecular complexity index is 1790. The van der Waals surface area contributed by atoms with Crippen molar-refractivity contribution in [2.45, 2.75) is 55.5 Å². The molecule has 0 bridgehead atoms. The van der Waals surface area contributed by atoms with Crippen LogP contribution in [0.25, 0.3) is 11.0 Å². The van der Waals surface area contributed by atoms with Gasteiger partial charge in [0.2, 0.25) is 5.95 Å². The van der Waals surface area contributed by atoms with E-state index in [9.17, 15) is 4.79 Å². The van der Waals surface area contributed by atoms with Crippen molar-refractivity contribution in [3.8, 4) is 0 Å². The van der Waals surface area contributed by atoms with E-state index in [1.54, 1.807) is 25.4 Å². The number of anilines is 2. The number of para-hydroxylation sites is 2. The number of likely N-dealkylation sites (tertiary alicyclic amines) is 2. The fourth-order valence-corrected chi connectivity index (χ4v) is 7.98. The van der Waals surface area contributed by atoms with E-state index in [2.05, 4.69) is 80.2 Å². The van der Waals surface area contributed by atoms with E-state index in [1.807, 2.05) is 36.1 Å². The standard InChI is InChI=1S/C39H50N8O3S/c1-5-47(43-40-3)32-16-17-36(51-49-4)33(28-32)37(48)45-25-21-39(29-45,30-12-8-7-9-13-30)20-24-44-22-18-31(19-23-44)41-38-42-34-14-10-11-15-35(34)46(38)26-27-50-6-2/h5,7-17,28,31H,1,6,18-27,29H2,2-4H3,(H,41,42). The highest BCUT2D eigenvalue weighted by molar-refractivity contribution is 7.94. The molecule has 1 atom stereocenters. The van der Waals surface area contributed by atoms with E-state index in [1.165, 1.54) is 17.6 Å². The van der Waals surface area contributed by atoms with Crippen LogP contribution in [0.5, 0.6) is 0 Å². The van der Waals surface area contributed by atoms with Gasteiger partial charge in [0.15, 0.2) is 0 Å². The van der Waals surface area contributed by atoms with Crippen LogP contribution in [0.3, 0.4) is 0 Å². The van der Waals surface area contributed by atoms with Gasteiger partial charge in [-0.15, -0.1) is 0 Å². The van der Waals surface area contributed by atoms with Gasteiger partial charge in [-0.3, -0.25) is 4.79 Å². The van der Waals surface area contributed by atoms with Crippen molar-refractivity contribution >= 4 is 40.6 Å². The summed E-state index contributed by atoms with van der Waals surface area (Å²) in [6.45, 7) is 12.4. The molecule has 3 heterocycles. The predicted octanol–water partition coefficient (Wildman–Crippen LogP) is 7.42. The molecule has 12 heteroatoms. The van der Waals surface area contributed by atoms with Crippen LogP contribution in [0.4, 0.5) is 11.6 Å². The zero-order chi connectivity index (χ0) is 35.6. The van der Waals surface area contributed by atoms with Crippen LogP contribution >= 0.6 is 12.0 Å². The number of fused-ring (bicyclic) bond motifs is 1. The Labute approximate surface area is 305 Å². The predicted molar refractivity (Wildman–Crippen MR) is 205 cm³/mol. The summed E-state index contributed by atoms with van der Waals surface area (Å²) in [5, 5.41) is 13.4. The zero-order valence-electron chi connectivity index (χ0n) is 30.0. The van der Waals surface area contributed by atoms with E-state index in [0.29, 0.717) is 43.6 Å². The highest BCUT2D eigenvalue weighted by Gasteiger charge is 2.42. The number of carbonyl (C=O) groups is 1. The highest BCUT2D eigenvalue weighted by Crippen LogP contribution is 2.40. The summed E-state index contributed by atoms with van der Waals surface area (Å²) in [5.74, 6) is 0.920. The highest BCUT2D eigenvalue weighted by atomic mass is 32.2. The van der Waals surface area contributed by atoms with Gasteiger partial charge < -0.3 is 28.6 Å². The largest absolute Gasteiger partial charge is 0.380 e. The lowest BCUT2D eigenvalue weighted by Gasteiger charge is -2.36. The van der Waals surface area contributed by atoms with Crippen LogP contribution in [0, 0.1) is 0 Å². The number of aromatic nitrogens is 2. The summed E-state index contributed by atoms with van der Waals surface area (Å²) in [7, 11) is 3.22. The van der Waals surface area contributed by atoms with Crippen molar-refractivity contribution in [2.75, 3.05) is 70.4 Å². The molecule has 4 aromatic rings. The number of ether oxygens (including phenoxy) is 1. The molecule has 0 spiro atoms. The summed E-state index contributed by atoms with van der Waals surface area (Å²) in [6.07, 6.45) is 5.57. The number of piperidine rings is 1. The van der Waals surface area contributed by atoms with Crippen LogP contribution < -0.4 is 10.3 Å². The van der Waals surface area contributed by atoms with Crippen molar-refractivity contribution in [3.63, 3.8) is 0 Å². The van der Waals surface area contributed by atoms with Gasteiger partial charge in [-0.05, 0) is 75.0 Å². The van der Waals surface area contributed by atoms with E-state index >= 15 is 0 Å². The zero-order valence-corrected chi connectivity index (χ0v) is 30.9. The first-order valence-electron chi connectivity index (χ1n) is 17.9. The summed E-state index contributed by atoms with van der Waals surface area (Å²) >= 11 is 1.19. The number of benzene rings is 3. The molecule has 270 valence electrons. The van der Waals surface area contributed by atoms with E-state index in [-0.39, 0.29) is 11.3 Å². The van der Waals surface area contributed by atoms with E-state index in [4.69, 9.17) is 13.9 Å². The fourth-order valence-electron chi connectivity index (χ4n) is 7.44. The molecule has 51 heavy (non-hydrogen) atoms. The molecule has 0 aliphatic carbocycles. The van der Waals surface area contributed by atoms with E-state index < -0.39 is 0 Å². The summed E-state index contributed by atoms with van der Waals surface area (Å²) in [6, 6.07) is 25.1. The maximum absolute atomic E-state index is 14.3. The topological polar surface area (TPSA) is 99.8 Å². The monoisotopic (exact) mass is 710 g/mol. The Morgan fingerprint density at radius 1 is 1.10 bits per heavy atom. The average Bonchev–Trinajstić information content (AvgIpc) is 3.76. The first kappa shape index (κ1) is 36.6. The average molecular weight is 711 g/mol. The molecule has 1 N–H and O–H groups in total. The maximum atomic E-state index is 14.3. The van der Waals surface area contributed by atoms with Gasteiger partial charge in [-0.2, -0.15) is 5.11 Å². The molecule has 11 nitrogen and oxygen atoms in total. The van der Waals surface area contributed by atoms with Gasteiger partial charge in [0.05, 0.1) is 43.0 Å². The number of hydrogen-bond donors (Lipinski definition) is 1. The van der Waals surface area contributed by atoms with Gasteiger partial charge >= 0.3 is 0 Å². The summed E-state index contributed by atoms with van der Waals surface area (Å²) in [4.78, 5) is 24.6. The maximum Gasteiger partial charge on any atom is 0.255 e. The minimum Gasteiger partial charge on any atom is -0.380 e. The third-order valence-electron chi connectivity index (χ3n) is 10.2. The van der Waals surface area contributed by atoms with Crippen molar-refractivity contribution in [1.82, 2.24) is 19.4 Å². The Balaban J connectivity index is 1.12. The first-order chi connectivity index (χ1) is 25.0. The second kappa shape index (κ2) is 17.3. The second-order valence-electron chi connectivity index (χ2n) is 13.2. The number of amides is 1. The lowest BCUT2D eigenvalue weighted by molar-refractivity contribution is 0.0776. The van der Waals surface area contributed by atoms with Gasteiger partial charge in [0.25, 0.3) is 5.91 Å². The van der Waals surface area contributed by atoms with Crippen LogP contribution in [0.1, 0.15) is 48.5 Å². The van der Waals surface area contributed by atoms with Crippen LogP contribution in [0.15, 0.2) is 101 Å². The molecule has 2 saturated heterocycles. The second-order valence-corrected chi connectivity index (χ2v) is 14.1. The normalized spacial score (nSPS) is 18.5. The quantitative estimate of drug-likeness (QED) is 0.0555. The number of hydrogen-bond acceptors (Lipinski definition) is 9. The Kier molecular flexibility index (Phi) is 12.4. The molecule has 0 saturated carbocycles. The molecule has 0 radical (unpaired) electrons.